The summed E-state index contributed by atoms with van der Waals surface area (Å²) in [5.41, 5.74) is 8.15. The smallest absolute Gasteiger partial charge is 0.0376 e. The Labute approximate surface area is 110 Å². The molecule has 1 aromatic carbocycles. The van der Waals surface area contributed by atoms with E-state index >= 15 is 0 Å². The highest BCUT2D eigenvalue weighted by atomic mass is 15.2. The molecule has 2 nitrogen and oxygen atoms in total. The summed E-state index contributed by atoms with van der Waals surface area (Å²) < 4.78 is 0. The fraction of sp³-hybridized carbons (Fsp3) is 0.625. The molecule has 1 unspecified atom stereocenters. The third-order valence-electron chi connectivity index (χ3n) is 4.56. The number of likely N-dealkylation sites (tertiary alicyclic amines) is 1. The van der Waals surface area contributed by atoms with Crippen molar-refractivity contribution in [2.24, 2.45) is 11.8 Å². The molecular weight excluding hydrogens is 220 g/mol. The van der Waals surface area contributed by atoms with Crippen molar-refractivity contribution in [1.82, 2.24) is 4.90 Å². The Morgan fingerprint density at radius 1 is 1.06 bits per heavy atom. The van der Waals surface area contributed by atoms with E-state index in [-0.39, 0.29) is 0 Å². The second kappa shape index (κ2) is 4.93. The van der Waals surface area contributed by atoms with Crippen LogP contribution in [0.5, 0.6) is 0 Å². The van der Waals surface area contributed by atoms with Gasteiger partial charge in [0.15, 0.2) is 0 Å². The highest BCUT2D eigenvalue weighted by Crippen LogP contribution is 2.45. The molecule has 1 saturated heterocycles. The summed E-state index contributed by atoms with van der Waals surface area (Å²) >= 11 is 0. The molecule has 2 heteroatoms. The highest BCUT2D eigenvalue weighted by molar-refractivity contribution is 5.40. The van der Waals surface area contributed by atoms with E-state index in [1.54, 1.807) is 0 Å². The fourth-order valence-electron chi connectivity index (χ4n) is 3.19. The molecule has 98 valence electrons. The SMILES string of the molecule is CC1CCN(C(c2ccc(N)cc2)C2CC2)CC1. The standard InChI is InChI=1S/C16H24N2/c1-12-8-10-18(11-9-12)16(13-2-3-13)14-4-6-15(17)7-5-14/h4-7,12-13,16H,2-3,8-11,17H2,1H3. The summed E-state index contributed by atoms with van der Waals surface area (Å²) in [6, 6.07) is 9.22. The van der Waals surface area contributed by atoms with Crippen LogP contribution in [0.15, 0.2) is 24.3 Å². The average Bonchev–Trinajstić information content (AvgIpc) is 3.19. The Hall–Kier alpha value is -1.02. The van der Waals surface area contributed by atoms with Crippen molar-refractivity contribution in [1.29, 1.82) is 0 Å². The molecule has 0 amide bonds. The maximum absolute atomic E-state index is 5.80. The minimum Gasteiger partial charge on any atom is -0.399 e. The molecule has 2 fully saturated rings. The van der Waals surface area contributed by atoms with Gasteiger partial charge in [0.2, 0.25) is 0 Å². The predicted molar refractivity (Wildman–Crippen MR) is 76.3 cm³/mol. The zero-order chi connectivity index (χ0) is 12.5. The first kappa shape index (κ1) is 12.0. The molecular formula is C16H24N2. The monoisotopic (exact) mass is 244 g/mol. The first-order valence-electron chi connectivity index (χ1n) is 7.33. The van der Waals surface area contributed by atoms with E-state index in [0.717, 1.165) is 17.5 Å². The molecule has 0 aromatic heterocycles. The summed E-state index contributed by atoms with van der Waals surface area (Å²) in [6.07, 6.45) is 5.53. The van der Waals surface area contributed by atoms with Gasteiger partial charge in [-0.25, -0.2) is 0 Å². The van der Waals surface area contributed by atoms with Crippen LogP contribution in [-0.2, 0) is 0 Å². The molecule has 1 heterocycles. The van der Waals surface area contributed by atoms with Crippen LogP contribution in [0.1, 0.15) is 44.2 Å². The number of piperidine rings is 1. The van der Waals surface area contributed by atoms with E-state index < -0.39 is 0 Å². The lowest BCUT2D eigenvalue weighted by atomic mass is 9.93. The summed E-state index contributed by atoms with van der Waals surface area (Å²) in [6.45, 7) is 4.92. The van der Waals surface area contributed by atoms with E-state index in [0.29, 0.717) is 6.04 Å². The molecule has 0 radical (unpaired) electrons. The van der Waals surface area contributed by atoms with E-state index in [1.165, 1.54) is 44.3 Å². The van der Waals surface area contributed by atoms with Gasteiger partial charge in [-0.05, 0) is 68.3 Å². The van der Waals surface area contributed by atoms with Crippen molar-refractivity contribution >= 4 is 5.69 Å². The van der Waals surface area contributed by atoms with Crippen molar-refractivity contribution in [3.05, 3.63) is 29.8 Å². The van der Waals surface area contributed by atoms with Crippen LogP contribution in [-0.4, -0.2) is 18.0 Å². The third kappa shape index (κ3) is 2.54. The first-order chi connectivity index (χ1) is 8.74. The van der Waals surface area contributed by atoms with Crippen molar-refractivity contribution < 1.29 is 0 Å². The molecule has 18 heavy (non-hydrogen) atoms. The van der Waals surface area contributed by atoms with Gasteiger partial charge in [0.1, 0.15) is 0 Å². The van der Waals surface area contributed by atoms with Crippen LogP contribution >= 0.6 is 0 Å². The molecule has 2 aliphatic rings. The van der Waals surface area contributed by atoms with Crippen LogP contribution < -0.4 is 5.73 Å². The van der Waals surface area contributed by atoms with Crippen molar-refractivity contribution in [3.8, 4) is 0 Å². The van der Waals surface area contributed by atoms with E-state index in [2.05, 4.69) is 36.1 Å². The maximum Gasteiger partial charge on any atom is 0.0376 e. The van der Waals surface area contributed by atoms with E-state index in [4.69, 9.17) is 5.73 Å². The molecule has 1 saturated carbocycles. The van der Waals surface area contributed by atoms with Crippen LogP contribution in [0, 0.1) is 11.8 Å². The van der Waals surface area contributed by atoms with Crippen LogP contribution in [0.25, 0.3) is 0 Å². The highest BCUT2D eigenvalue weighted by Gasteiger charge is 2.37. The van der Waals surface area contributed by atoms with Crippen LogP contribution in [0.2, 0.25) is 0 Å². The number of anilines is 1. The minimum atomic E-state index is 0.651. The van der Waals surface area contributed by atoms with Gasteiger partial charge in [0.05, 0.1) is 0 Å². The number of nitrogens with two attached hydrogens (primary N) is 1. The van der Waals surface area contributed by atoms with Crippen molar-refractivity contribution in [3.63, 3.8) is 0 Å². The Balaban J connectivity index is 1.77. The average molecular weight is 244 g/mol. The molecule has 1 aliphatic heterocycles. The summed E-state index contributed by atoms with van der Waals surface area (Å²) in [4.78, 5) is 2.71. The molecule has 1 aromatic rings. The van der Waals surface area contributed by atoms with Gasteiger partial charge in [0.25, 0.3) is 0 Å². The topological polar surface area (TPSA) is 29.3 Å². The number of hydrogen-bond acceptors (Lipinski definition) is 2. The fourth-order valence-corrected chi connectivity index (χ4v) is 3.19. The Morgan fingerprint density at radius 3 is 2.22 bits per heavy atom. The third-order valence-corrected chi connectivity index (χ3v) is 4.56. The van der Waals surface area contributed by atoms with Gasteiger partial charge in [-0.1, -0.05) is 19.1 Å². The largest absolute Gasteiger partial charge is 0.399 e. The number of benzene rings is 1. The summed E-state index contributed by atoms with van der Waals surface area (Å²) in [7, 11) is 0. The second-order valence-corrected chi connectivity index (χ2v) is 6.17. The lowest BCUT2D eigenvalue weighted by molar-refractivity contribution is 0.123. The summed E-state index contributed by atoms with van der Waals surface area (Å²) in [5, 5.41) is 0. The Morgan fingerprint density at radius 2 is 1.67 bits per heavy atom. The lowest BCUT2D eigenvalue weighted by Crippen LogP contribution is -2.37. The quantitative estimate of drug-likeness (QED) is 0.825. The minimum absolute atomic E-state index is 0.651. The molecule has 1 atom stereocenters. The van der Waals surface area contributed by atoms with E-state index in [9.17, 15) is 0 Å². The number of hydrogen-bond donors (Lipinski definition) is 1. The Kier molecular flexibility index (Phi) is 3.29. The molecule has 3 rings (SSSR count). The molecule has 2 N–H and O–H groups in total. The van der Waals surface area contributed by atoms with Gasteiger partial charge in [0, 0.05) is 11.7 Å². The van der Waals surface area contributed by atoms with Gasteiger partial charge in [-0.15, -0.1) is 0 Å². The number of rotatable bonds is 3. The zero-order valence-electron chi connectivity index (χ0n) is 11.3. The molecule has 1 aliphatic carbocycles. The normalized spacial score (nSPS) is 24.1. The van der Waals surface area contributed by atoms with Gasteiger partial charge in [-0.2, -0.15) is 0 Å². The maximum atomic E-state index is 5.80. The second-order valence-electron chi connectivity index (χ2n) is 6.17. The number of nitrogen functional groups attached to an aromatic ring is 1. The van der Waals surface area contributed by atoms with Gasteiger partial charge < -0.3 is 5.73 Å². The number of nitrogens with zero attached hydrogens (tertiary/aromatic N) is 1. The summed E-state index contributed by atoms with van der Waals surface area (Å²) in [5.74, 6) is 1.80. The van der Waals surface area contributed by atoms with E-state index in [1.807, 2.05) is 0 Å². The lowest BCUT2D eigenvalue weighted by Gasteiger charge is -2.37. The van der Waals surface area contributed by atoms with Crippen molar-refractivity contribution in [2.75, 3.05) is 18.8 Å². The molecule has 0 spiro atoms. The van der Waals surface area contributed by atoms with Crippen molar-refractivity contribution in [2.45, 2.75) is 38.6 Å². The predicted octanol–water partition coefficient (Wildman–Crippen LogP) is 3.45. The molecule has 0 bridgehead atoms. The van der Waals surface area contributed by atoms with Gasteiger partial charge >= 0.3 is 0 Å². The van der Waals surface area contributed by atoms with Crippen LogP contribution in [0.4, 0.5) is 5.69 Å². The zero-order valence-corrected chi connectivity index (χ0v) is 11.3. The van der Waals surface area contributed by atoms with Gasteiger partial charge in [-0.3, -0.25) is 4.90 Å². The first-order valence-corrected chi connectivity index (χ1v) is 7.33. The Bertz CT molecular complexity index is 386. The van der Waals surface area contributed by atoms with Crippen LogP contribution in [0.3, 0.4) is 0 Å².